The second-order valence-electron chi connectivity index (χ2n) is 7.02. The summed E-state index contributed by atoms with van der Waals surface area (Å²) in [7, 11) is 1.32. The highest BCUT2D eigenvalue weighted by molar-refractivity contribution is 8.01. The molecule has 2 unspecified atom stereocenters. The molecule has 0 radical (unpaired) electrons. The Labute approximate surface area is 203 Å². The number of oxime groups is 1. The summed E-state index contributed by atoms with van der Waals surface area (Å²) in [4.78, 5) is 47.6. The van der Waals surface area contributed by atoms with Crippen LogP contribution in [-0.2, 0) is 14.4 Å². The molecule has 176 valence electrons. The fourth-order valence-corrected chi connectivity index (χ4v) is 7.13. The lowest BCUT2D eigenvalue weighted by Crippen LogP contribution is -2.74. The molecule has 2 fully saturated rings. The fraction of sp³-hybridized carbons (Fsp3) is 0.438. The van der Waals surface area contributed by atoms with Crippen LogP contribution in [-0.4, -0.2) is 85.5 Å². The smallest absolute Gasteiger partial charge is 0.321 e. The van der Waals surface area contributed by atoms with Gasteiger partial charge in [-0.3, -0.25) is 14.9 Å². The molecule has 13 nitrogen and oxygen atoms in total. The van der Waals surface area contributed by atoms with E-state index in [1.54, 1.807) is 10.9 Å². The van der Waals surface area contributed by atoms with E-state index in [0.29, 0.717) is 15.2 Å². The number of hydrogen-bond acceptors (Lipinski definition) is 13. The van der Waals surface area contributed by atoms with Crippen molar-refractivity contribution >= 4 is 75.1 Å². The average Bonchev–Trinajstić information content (AvgIpc) is 3.47. The van der Waals surface area contributed by atoms with Crippen molar-refractivity contribution in [2.24, 2.45) is 10.6 Å². The number of aromatic nitrogens is 3. The number of nitrogens with two attached hydrogens (primary N) is 1. The van der Waals surface area contributed by atoms with Crippen LogP contribution in [0.25, 0.3) is 0 Å². The number of urea groups is 1. The Morgan fingerprint density at radius 3 is 2.94 bits per heavy atom. The number of aliphatic carboxylic acids is 1. The highest BCUT2D eigenvalue weighted by Gasteiger charge is 2.57. The van der Waals surface area contributed by atoms with Gasteiger partial charge in [-0.25, -0.2) is 9.78 Å². The minimum atomic E-state index is -1.12. The standard InChI is InChI=1S/C16H18N8O5S4/c1-29-23-9(7-2-30-13(17)19-7)21-14(28)20-8-10(25)24-3-16(12(26)27,4-31-11(8)24)5-32-15-22-18-6-33-15/h2,6,8,11H,3-5H2,1H3,(H2,17,19)(H,26,27)(H2,20,21,23,28)/t8?,11-,16?/m1/s1. The van der Waals surface area contributed by atoms with Gasteiger partial charge in [-0.1, -0.05) is 28.3 Å². The molecule has 2 aliphatic rings. The first-order valence-electron chi connectivity index (χ1n) is 9.27. The highest BCUT2D eigenvalue weighted by Crippen LogP contribution is 2.44. The van der Waals surface area contributed by atoms with Crippen LogP contribution in [0.15, 0.2) is 20.4 Å². The number of nitrogen functional groups attached to an aromatic ring is 1. The number of thiazole rings is 1. The number of hydrogen-bond donors (Lipinski definition) is 4. The minimum Gasteiger partial charge on any atom is -0.481 e. The van der Waals surface area contributed by atoms with Crippen LogP contribution in [0.1, 0.15) is 5.69 Å². The highest BCUT2D eigenvalue weighted by atomic mass is 32.2. The summed E-state index contributed by atoms with van der Waals surface area (Å²) in [5.41, 5.74) is 6.40. The molecule has 2 aliphatic heterocycles. The second-order valence-corrected chi connectivity index (χ2v) is 11.1. The number of carbonyl (C=O) groups is 3. The van der Waals surface area contributed by atoms with E-state index >= 15 is 0 Å². The maximum atomic E-state index is 12.7. The first-order chi connectivity index (χ1) is 15.8. The zero-order valence-corrected chi connectivity index (χ0v) is 20.2. The topological polar surface area (TPSA) is 185 Å². The van der Waals surface area contributed by atoms with Gasteiger partial charge in [-0.15, -0.1) is 33.3 Å². The van der Waals surface area contributed by atoms with Gasteiger partial charge in [0.1, 0.15) is 35.1 Å². The molecule has 2 saturated heterocycles. The number of carboxylic acid groups (broad SMARTS) is 1. The van der Waals surface area contributed by atoms with Crippen molar-refractivity contribution < 1.29 is 24.3 Å². The monoisotopic (exact) mass is 530 g/mol. The largest absolute Gasteiger partial charge is 0.481 e. The first-order valence-corrected chi connectivity index (χ1v) is 13.1. The zero-order chi connectivity index (χ0) is 23.6. The van der Waals surface area contributed by atoms with Gasteiger partial charge in [0.15, 0.2) is 15.3 Å². The van der Waals surface area contributed by atoms with Crippen LogP contribution in [0.2, 0.25) is 0 Å². The van der Waals surface area contributed by atoms with Crippen LogP contribution in [0.5, 0.6) is 0 Å². The predicted octanol–water partition coefficient (Wildman–Crippen LogP) is 0.331. The molecule has 5 N–H and O–H groups in total. The molecule has 2 aromatic rings. The van der Waals surface area contributed by atoms with E-state index in [2.05, 4.69) is 31.0 Å². The van der Waals surface area contributed by atoms with Crippen molar-refractivity contribution in [2.45, 2.75) is 15.8 Å². The van der Waals surface area contributed by atoms with Gasteiger partial charge in [0.05, 0.1) is 0 Å². The van der Waals surface area contributed by atoms with Crippen LogP contribution in [0, 0.1) is 5.41 Å². The number of anilines is 1. The molecule has 2 aromatic heterocycles. The van der Waals surface area contributed by atoms with E-state index in [-0.39, 0.29) is 35.2 Å². The van der Waals surface area contributed by atoms with Crippen LogP contribution in [0.4, 0.5) is 9.93 Å². The Bertz CT molecular complexity index is 1080. The summed E-state index contributed by atoms with van der Waals surface area (Å²) in [6.07, 6.45) is 0. The molecule has 0 saturated carbocycles. The van der Waals surface area contributed by atoms with Gasteiger partial charge >= 0.3 is 12.0 Å². The van der Waals surface area contributed by atoms with Gasteiger partial charge in [-0.2, -0.15) is 0 Å². The molecule has 4 heterocycles. The van der Waals surface area contributed by atoms with E-state index in [1.165, 1.54) is 58.2 Å². The Hall–Kier alpha value is -2.63. The lowest BCUT2D eigenvalue weighted by molar-refractivity contribution is -0.155. The lowest BCUT2D eigenvalue weighted by Gasteiger charge is -2.53. The van der Waals surface area contributed by atoms with Gasteiger partial charge in [-0.05, 0) is 0 Å². The maximum absolute atomic E-state index is 12.7. The number of nitrogens with one attached hydrogen (secondary N) is 2. The SMILES string of the molecule is CON=C(NC(=O)NC1C(=O)N2CC(CSc3nncs3)(C(=O)O)CS[C@H]12)c1csc(N)n1. The van der Waals surface area contributed by atoms with Crippen LogP contribution in [0.3, 0.4) is 0 Å². The van der Waals surface area contributed by atoms with Crippen molar-refractivity contribution in [1.82, 2.24) is 30.7 Å². The summed E-state index contributed by atoms with van der Waals surface area (Å²) < 4.78 is 0.671. The maximum Gasteiger partial charge on any atom is 0.321 e. The molecule has 3 atom stereocenters. The zero-order valence-electron chi connectivity index (χ0n) is 17.0. The number of β-lactam (4-membered cyclic amide) rings is 1. The second kappa shape index (κ2) is 9.70. The third-order valence-electron chi connectivity index (χ3n) is 4.88. The van der Waals surface area contributed by atoms with E-state index < -0.39 is 23.5 Å². The number of amidine groups is 1. The first kappa shape index (κ1) is 23.5. The van der Waals surface area contributed by atoms with Crippen molar-refractivity contribution in [3.63, 3.8) is 0 Å². The number of carboxylic acids is 1. The number of fused-ring (bicyclic) bond motifs is 1. The molecule has 0 aromatic carbocycles. The molecule has 4 rings (SSSR count). The minimum absolute atomic E-state index is 0.0430. The summed E-state index contributed by atoms with van der Waals surface area (Å²) in [6, 6.07) is -1.46. The number of carbonyl (C=O) groups excluding carboxylic acids is 2. The molecule has 0 aliphatic carbocycles. The molecule has 3 amide bonds. The van der Waals surface area contributed by atoms with E-state index in [4.69, 9.17) is 10.6 Å². The Balaban J connectivity index is 1.37. The van der Waals surface area contributed by atoms with Gasteiger partial charge in [0, 0.05) is 23.4 Å². The molecule has 17 heteroatoms. The van der Waals surface area contributed by atoms with Gasteiger partial charge in [0.2, 0.25) is 5.91 Å². The van der Waals surface area contributed by atoms with E-state index in [1.807, 2.05) is 0 Å². The van der Waals surface area contributed by atoms with Crippen molar-refractivity contribution in [1.29, 1.82) is 0 Å². The fourth-order valence-electron chi connectivity index (χ4n) is 3.24. The quantitative estimate of drug-likeness (QED) is 0.127. The van der Waals surface area contributed by atoms with E-state index in [9.17, 15) is 19.5 Å². The third kappa shape index (κ3) is 4.85. The number of rotatable bonds is 7. The van der Waals surface area contributed by atoms with Crippen LogP contribution >= 0.6 is 46.2 Å². The summed E-state index contributed by atoms with van der Waals surface area (Å²) in [6.45, 7) is 0.0545. The molecule has 33 heavy (non-hydrogen) atoms. The number of amides is 3. The molecule has 0 spiro atoms. The van der Waals surface area contributed by atoms with E-state index in [0.717, 1.165) is 0 Å². The molecule has 0 bridgehead atoms. The van der Waals surface area contributed by atoms with Crippen molar-refractivity contribution in [3.8, 4) is 0 Å². The Morgan fingerprint density at radius 1 is 1.48 bits per heavy atom. The lowest BCUT2D eigenvalue weighted by atomic mass is 9.89. The summed E-state index contributed by atoms with van der Waals surface area (Å²) in [5.74, 6) is -0.738. The number of thioether (sulfide) groups is 2. The van der Waals surface area contributed by atoms with Gasteiger partial charge in [0.25, 0.3) is 0 Å². The summed E-state index contributed by atoms with van der Waals surface area (Å²) in [5, 5.41) is 28.0. The Kier molecular flexibility index (Phi) is 6.91. The van der Waals surface area contributed by atoms with Crippen LogP contribution < -0.4 is 16.4 Å². The number of nitrogens with zero attached hydrogens (tertiary/aromatic N) is 5. The normalized spacial score (nSPS) is 24.6. The molecular formula is C16H18N8O5S4. The van der Waals surface area contributed by atoms with Crippen molar-refractivity contribution in [2.75, 3.05) is 30.9 Å². The van der Waals surface area contributed by atoms with Crippen molar-refractivity contribution in [3.05, 3.63) is 16.6 Å². The third-order valence-corrected chi connectivity index (χ3v) is 9.29. The molecular weight excluding hydrogens is 512 g/mol. The average molecular weight is 531 g/mol. The van der Waals surface area contributed by atoms with Gasteiger partial charge < -0.3 is 25.9 Å². The summed E-state index contributed by atoms with van der Waals surface area (Å²) >= 11 is 5.13. The Morgan fingerprint density at radius 2 is 2.30 bits per heavy atom. The predicted molar refractivity (Wildman–Crippen MR) is 124 cm³/mol.